The lowest BCUT2D eigenvalue weighted by molar-refractivity contribution is -0.121. The Labute approximate surface area is 79.5 Å². The van der Waals surface area contributed by atoms with E-state index in [0.717, 1.165) is 39.0 Å². The summed E-state index contributed by atoms with van der Waals surface area (Å²) < 4.78 is 0. The number of nitrogens with zero attached hydrogens (tertiary/aromatic N) is 1. The van der Waals surface area contributed by atoms with Crippen molar-refractivity contribution in [1.82, 2.24) is 10.2 Å². The van der Waals surface area contributed by atoms with Gasteiger partial charge in [0.15, 0.2) is 0 Å². The van der Waals surface area contributed by atoms with Crippen molar-refractivity contribution in [2.45, 2.75) is 19.3 Å². The van der Waals surface area contributed by atoms with Crippen LogP contribution in [0.2, 0.25) is 0 Å². The molecular weight excluding hydrogens is 164 g/mol. The van der Waals surface area contributed by atoms with Crippen molar-refractivity contribution < 1.29 is 4.79 Å². The van der Waals surface area contributed by atoms with Crippen LogP contribution in [0, 0.1) is 5.92 Å². The zero-order valence-electron chi connectivity index (χ0n) is 8.09. The van der Waals surface area contributed by atoms with Gasteiger partial charge >= 0.3 is 0 Å². The molecule has 1 aliphatic heterocycles. The minimum absolute atomic E-state index is 0.427. The minimum Gasteiger partial charge on any atom is -0.315 e. The molecule has 2 rings (SSSR count). The molecular formula is C10H18N2O. The Morgan fingerprint density at radius 2 is 2.15 bits per heavy atom. The van der Waals surface area contributed by atoms with E-state index in [-0.39, 0.29) is 0 Å². The van der Waals surface area contributed by atoms with Crippen molar-refractivity contribution >= 4 is 5.78 Å². The Hall–Kier alpha value is -0.410. The molecule has 1 N–H and O–H groups in total. The number of carbonyl (C=O) groups excluding carboxylic acids is 1. The molecule has 1 heterocycles. The number of Topliss-reactive ketones (excluding diaryl/α,β-unsaturated/α-hetero) is 1. The Morgan fingerprint density at radius 3 is 2.92 bits per heavy atom. The van der Waals surface area contributed by atoms with Gasteiger partial charge in [-0.05, 0) is 32.4 Å². The van der Waals surface area contributed by atoms with Gasteiger partial charge in [-0.25, -0.2) is 0 Å². The average Bonchev–Trinajstić information content (AvgIpc) is 2.92. The minimum atomic E-state index is 0.427. The molecule has 1 saturated carbocycles. The van der Waals surface area contributed by atoms with E-state index in [1.54, 1.807) is 0 Å². The quantitative estimate of drug-likeness (QED) is 0.679. The lowest BCUT2D eigenvalue weighted by Gasteiger charge is -2.17. The Morgan fingerprint density at radius 1 is 1.31 bits per heavy atom. The van der Waals surface area contributed by atoms with Gasteiger partial charge in [0.05, 0.1) is 6.54 Å². The first-order valence-electron chi connectivity index (χ1n) is 5.32. The number of hydrogen-bond acceptors (Lipinski definition) is 3. The number of rotatable bonds is 3. The van der Waals surface area contributed by atoms with E-state index >= 15 is 0 Å². The van der Waals surface area contributed by atoms with Crippen LogP contribution in [0.5, 0.6) is 0 Å². The Kier molecular flexibility index (Phi) is 2.96. The molecule has 1 saturated heterocycles. The highest BCUT2D eigenvalue weighted by atomic mass is 16.1. The molecule has 2 fully saturated rings. The zero-order chi connectivity index (χ0) is 9.10. The lowest BCUT2D eigenvalue weighted by atomic mass is 10.2. The molecule has 1 aliphatic carbocycles. The highest BCUT2D eigenvalue weighted by molar-refractivity contribution is 5.84. The SMILES string of the molecule is O=C(CN1CCCNCC1)C1CC1. The Balaban J connectivity index is 1.74. The van der Waals surface area contributed by atoms with Crippen LogP contribution in [0.15, 0.2) is 0 Å². The van der Waals surface area contributed by atoms with E-state index in [1.807, 2.05) is 0 Å². The van der Waals surface area contributed by atoms with Crippen LogP contribution >= 0.6 is 0 Å². The maximum atomic E-state index is 11.5. The van der Waals surface area contributed by atoms with Gasteiger partial charge in [-0.2, -0.15) is 0 Å². The monoisotopic (exact) mass is 182 g/mol. The summed E-state index contributed by atoms with van der Waals surface area (Å²) in [5.74, 6) is 0.901. The molecule has 74 valence electrons. The maximum Gasteiger partial charge on any atom is 0.149 e. The van der Waals surface area contributed by atoms with Gasteiger partial charge < -0.3 is 5.32 Å². The van der Waals surface area contributed by atoms with Gasteiger partial charge in [-0.1, -0.05) is 0 Å². The van der Waals surface area contributed by atoms with Crippen LogP contribution in [0.1, 0.15) is 19.3 Å². The Bertz CT molecular complexity index is 181. The lowest BCUT2D eigenvalue weighted by Crippen LogP contribution is -2.33. The molecule has 0 aromatic heterocycles. The van der Waals surface area contributed by atoms with Gasteiger partial charge in [0.25, 0.3) is 0 Å². The first-order chi connectivity index (χ1) is 6.36. The fraction of sp³-hybridized carbons (Fsp3) is 0.900. The number of hydrogen-bond donors (Lipinski definition) is 1. The third kappa shape index (κ3) is 2.78. The molecule has 0 aromatic rings. The van der Waals surface area contributed by atoms with Crippen LogP contribution in [-0.4, -0.2) is 43.4 Å². The van der Waals surface area contributed by atoms with Crippen molar-refractivity contribution in [1.29, 1.82) is 0 Å². The standard InChI is InChI=1S/C10H18N2O/c13-10(9-2-3-9)8-12-6-1-4-11-5-7-12/h9,11H,1-8H2. The molecule has 0 unspecified atom stereocenters. The second-order valence-electron chi connectivity index (χ2n) is 4.12. The molecule has 3 nitrogen and oxygen atoms in total. The van der Waals surface area contributed by atoms with E-state index in [0.29, 0.717) is 18.2 Å². The number of carbonyl (C=O) groups is 1. The van der Waals surface area contributed by atoms with E-state index in [9.17, 15) is 4.79 Å². The van der Waals surface area contributed by atoms with E-state index in [4.69, 9.17) is 0 Å². The molecule has 13 heavy (non-hydrogen) atoms. The average molecular weight is 182 g/mol. The first-order valence-corrected chi connectivity index (χ1v) is 5.32. The predicted molar refractivity (Wildman–Crippen MR) is 51.7 cm³/mol. The van der Waals surface area contributed by atoms with Crippen LogP contribution < -0.4 is 5.32 Å². The van der Waals surface area contributed by atoms with Crippen LogP contribution in [0.3, 0.4) is 0 Å². The molecule has 0 amide bonds. The van der Waals surface area contributed by atoms with E-state index in [1.165, 1.54) is 6.42 Å². The van der Waals surface area contributed by atoms with Crippen molar-refractivity contribution in [3.8, 4) is 0 Å². The van der Waals surface area contributed by atoms with Gasteiger partial charge in [0.1, 0.15) is 5.78 Å². The maximum absolute atomic E-state index is 11.5. The predicted octanol–water partition coefficient (Wildman–Crippen LogP) is 0.261. The van der Waals surface area contributed by atoms with Crippen LogP contribution in [0.4, 0.5) is 0 Å². The second-order valence-corrected chi connectivity index (χ2v) is 4.12. The van der Waals surface area contributed by atoms with Gasteiger partial charge in [0, 0.05) is 19.0 Å². The van der Waals surface area contributed by atoms with Crippen molar-refractivity contribution in [3.05, 3.63) is 0 Å². The van der Waals surface area contributed by atoms with E-state index in [2.05, 4.69) is 10.2 Å². The smallest absolute Gasteiger partial charge is 0.149 e. The summed E-state index contributed by atoms with van der Waals surface area (Å²) in [5.41, 5.74) is 0. The number of ketones is 1. The summed E-state index contributed by atoms with van der Waals surface area (Å²) in [6.45, 7) is 4.97. The molecule has 0 spiro atoms. The molecule has 3 heteroatoms. The third-order valence-corrected chi connectivity index (χ3v) is 2.84. The van der Waals surface area contributed by atoms with E-state index < -0.39 is 0 Å². The fourth-order valence-corrected chi connectivity index (χ4v) is 1.81. The zero-order valence-corrected chi connectivity index (χ0v) is 8.09. The molecule has 0 bridgehead atoms. The van der Waals surface area contributed by atoms with Crippen LogP contribution in [-0.2, 0) is 4.79 Å². The van der Waals surface area contributed by atoms with Crippen LogP contribution in [0.25, 0.3) is 0 Å². The summed E-state index contributed by atoms with van der Waals surface area (Å²) in [6.07, 6.45) is 3.47. The summed E-state index contributed by atoms with van der Waals surface area (Å²) in [7, 11) is 0. The van der Waals surface area contributed by atoms with Crippen molar-refractivity contribution in [2.24, 2.45) is 5.92 Å². The third-order valence-electron chi connectivity index (χ3n) is 2.84. The van der Waals surface area contributed by atoms with Gasteiger partial charge in [0.2, 0.25) is 0 Å². The first kappa shape index (κ1) is 9.16. The molecule has 0 aromatic carbocycles. The summed E-state index contributed by atoms with van der Waals surface area (Å²) in [5, 5.41) is 3.34. The van der Waals surface area contributed by atoms with Gasteiger partial charge in [-0.3, -0.25) is 9.69 Å². The second kappa shape index (κ2) is 4.20. The largest absolute Gasteiger partial charge is 0.315 e. The van der Waals surface area contributed by atoms with Crippen molar-refractivity contribution in [3.63, 3.8) is 0 Å². The molecule has 0 radical (unpaired) electrons. The normalized spacial score (nSPS) is 25.5. The fourth-order valence-electron chi connectivity index (χ4n) is 1.81. The summed E-state index contributed by atoms with van der Waals surface area (Å²) in [6, 6.07) is 0. The highest BCUT2D eigenvalue weighted by Gasteiger charge is 2.30. The molecule has 0 atom stereocenters. The highest BCUT2D eigenvalue weighted by Crippen LogP contribution is 2.29. The summed E-state index contributed by atoms with van der Waals surface area (Å²) >= 11 is 0. The van der Waals surface area contributed by atoms with Gasteiger partial charge in [-0.15, -0.1) is 0 Å². The topological polar surface area (TPSA) is 32.3 Å². The number of nitrogens with one attached hydrogen (secondary N) is 1. The van der Waals surface area contributed by atoms with Crippen molar-refractivity contribution in [2.75, 3.05) is 32.7 Å². The molecule has 2 aliphatic rings. The summed E-state index contributed by atoms with van der Waals surface area (Å²) in [4.78, 5) is 13.8.